The van der Waals surface area contributed by atoms with E-state index in [2.05, 4.69) is 32.0 Å². The van der Waals surface area contributed by atoms with Gasteiger partial charge in [-0.2, -0.15) is 0 Å². The lowest BCUT2D eigenvalue weighted by Gasteiger charge is -2.07. The number of hydrogen-bond acceptors (Lipinski definition) is 1. The van der Waals surface area contributed by atoms with Gasteiger partial charge in [0, 0.05) is 6.61 Å². The van der Waals surface area contributed by atoms with Gasteiger partial charge in [0.15, 0.2) is 0 Å². The van der Waals surface area contributed by atoms with Gasteiger partial charge in [0.2, 0.25) is 0 Å². The molecule has 0 unspecified atom stereocenters. The van der Waals surface area contributed by atoms with Crippen LogP contribution in [0.15, 0.2) is 18.2 Å². The first-order valence-corrected chi connectivity index (χ1v) is 6.47. The highest BCUT2D eigenvalue weighted by molar-refractivity contribution is 5.31. The van der Waals surface area contributed by atoms with Crippen molar-refractivity contribution in [2.75, 3.05) is 6.61 Å². The van der Waals surface area contributed by atoms with Gasteiger partial charge in [-0.1, -0.05) is 38.0 Å². The second-order valence-corrected chi connectivity index (χ2v) is 4.50. The van der Waals surface area contributed by atoms with Crippen LogP contribution in [0.3, 0.4) is 0 Å². The van der Waals surface area contributed by atoms with E-state index in [0.717, 1.165) is 19.3 Å². The average Bonchev–Trinajstić information content (AvgIpc) is 2.31. The predicted octanol–water partition coefficient (Wildman–Crippen LogP) is 3.65. The summed E-state index contributed by atoms with van der Waals surface area (Å²) < 4.78 is 0. The summed E-state index contributed by atoms with van der Waals surface area (Å²) in [5.41, 5.74) is 4.35. The SMILES string of the molecule is CCc1cc(CCCCCCO)ccc1C. The molecule has 0 saturated heterocycles. The van der Waals surface area contributed by atoms with Crippen molar-refractivity contribution in [1.82, 2.24) is 0 Å². The molecule has 0 aliphatic heterocycles. The molecule has 16 heavy (non-hydrogen) atoms. The second kappa shape index (κ2) is 7.45. The Labute approximate surface area is 99.5 Å². The Balaban J connectivity index is 2.36. The topological polar surface area (TPSA) is 20.2 Å². The molecule has 1 nitrogen and oxygen atoms in total. The molecule has 0 fully saturated rings. The van der Waals surface area contributed by atoms with Gasteiger partial charge in [-0.15, -0.1) is 0 Å². The van der Waals surface area contributed by atoms with E-state index in [0.29, 0.717) is 6.61 Å². The smallest absolute Gasteiger partial charge is 0.0431 e. The molecule has 1 N–H and O–H groups in total. The van der Waals surface area contributed by atoms with E-state index in [1.54, 1.807) is 0 Å². The third kappa shape index (κ3) is 4.36. The van der Waals surface area contributed by atoms with Gasteiger partial charge in [-0.05, 0) is 49.3 Å². The molecule has 0 aromatic heterocycles. The Hall–Kier alpha value is -0.820. The standard InChI is InChI=1S/C15H24O/c1-3-15-12-14(10-9-13(15)2)8-6-4-5-7-11-16/h9-10,12,16H,3-8,11H2,1-2H3. The zero-order valence-corrected chi connectivity index (χ0v) is 10.6. The summed E-state index contributed by atoms with van der Waals surface area (Å²) in [6.45, 7) is 4.74. The van der Waals surface area contributed by atoms with Crippen LogP contribution in [0, 0.1) is 6.92 Å². The quantitative estimate of drug-likeness (QED) is 0.695. The van der Waals surface area contributed by atoms with Crippen LogP contribution >= 0.6 is 0 Å². The fraction of sp³-hybridized carbons (Fsp3) is 0.600. The van der Waals surface area contributed by atoms with Crippen molar-refractivity contribution >= 4 is 0 Å². The van der Waals surface area contributed by atoms with Crippen LogP contribution in [0.1, 0.15) is 49.3 Å². The van der Waals surface area contributed by atoms with Gasteiger partial charge in [-0.25, -0.2) is 0 Å². The van der Waals surface area contributed by atoms with Crippen molar-refractivity contribution in [2.24, 2.45) is 0 Å². The van der Waals surface area contributed by atoms with Crippen LogP contribution in [0.4, 0.5) is 0 Å². The minimum absolute atomic E-state index is 0.338. The molecular weight excluding hydrogens is 196 g/mol. The minimum Gasteiger partial charge on any atom is -0.396 e. The minimum atomic E-state index is 0.338. The summed E-state index contributed by atoms with van der Waals surface area (Å²) in [6, 6.07) is 6.84. The van der Waals surface area contributed by atoms with Gasteiger partial charge in [0.25, 0.3) is 0 Å². The maximum absolute atomic E-state index is 8.68. The molecule has 0 amide bonds. The van der Waals surface area contributed by atoms with E-state index < -0.39 is 0 Å². The molecule has 1 aromatic rings. The molecule has 0 saturated carbocycles. The molecule has 1 heteroatoms. The highest BCUT2D eigenvalue weighted by Crippen LogP contribution is 2.14. The maximum Gasteiger partial charge on any atom is 0.0431 e. The lowest BCUT2D eigenvalue weighted by Crippen LogP contribution is -1.92. The monoisotopic (exact) mass is 220 g/mol. The molecule has 1 aromatic carbocycles. The lowest BCUT2D eigenvalue weighted by atomic mass is 9.99. The first kappa shape index (κ1) is 13.2. The lowest BCUT2D eigenvalue weighted by molar-refractivity contribution is 0.282. The average molecular weight is 220 g/mol. The van der Waals surface area contributed by atoms with E-state index in [-0.39, 0.29) is 0 Å². The predicted molar refractivity (Wildman–Crippen MR) is 69.8 cm³/mol. The van der Waals surface area contributed by atoms with E-state index in [9.17, 15) is 0 Å². The zero-order chi connectivity index (χ0) is 11.8. The molecule has 0 bridgehead atoms. The number of benzene rings is 1. The van der Waals surface area contributed by atoms with Gasteiger partial charge in [0.05, 0.1) is 0 Å². The Kier molecular flexibility index (Phi) is 6.17. The number of aryl methyl sites for hydroxylation is 3. The van der Waals surface area contributed by atoms with Crippen molar-refractivity contribution in [3.8, 4) is 0 Å². The number of hydrogen-bond donors (Lipinski definition) is 1. The van der Waals surface area contributed by atoms with Crippen LogP contribution in [0.2, 0.25) is 0 Å². The molecule has 0 heterocycles. The summed E-state index contributed by atoms with van der Waals surface area (Å²) in [5, 5.41) is 8.68. The van der Waals surface area contributed by atoms with Crippen molar-refractivity contribution in [2.45, 2.75) is 52.4 Å². The Bertz CT molecular complexity index is 304. The molecular formula is C15H24O. The van der Waals surface area contributed by atoms with Crippen molar-refractivity contribution in [3.63, 3.8) is 0 Å². The van der Waals surface area contributed by atoms with Crippen molar-refractivity contribution in [3.05, 3.63) is 34.9 Å². The molecule has 1 rings (SSSR count). The van der Waals surface area contributed by atoms with Crippen LogP contribution in [-0.2, 0) is 12.8 Å². The zero-order valence-electron chi connectivity index (χ0n) is 10.6. The fourth-order valence-electron chi connectivity index (χ4n) is 2.06. The summed E-state index contributed by atoms with van der Waals surface area (Å²) in [7, 11) is 0. The largest absolute Gasteiger partial charge is 0.396 e. The molecule has 0 atom stereocenters. The van der Waals surface area contributed by atoms with Crippen LogP contribution in [0.5, 0.6) is 0 Å². The third-order valence-corrected chi connectivity index (χ3v) is 3.17. The Morgan fingerprint density at radius 2 is 1.81 bits per heavy atom. The molecule has 0 aliphatic carbocycles. The van der Waals surface area contributed by atoms with Gasteiger partial charge in [-0.3, -0.25) is 0 Å². The Morgan fingerprint density at radius 1 is 1.06 bits per heavy atom. The first-order valence-electron chi connectivity index (χ1n) is 6.47. The molecule has 0 aliphatic rings. The van der Waals surface area contributed by atoms with E-state index in [1.165, 1.54) is 36.0 Å². The first-order chi connectivity index (χ1) is 7.77. The maximum atomic E-state index is 8.68. The normalized spacial score (nSPS) is 10.7. The van der Waals surface area contributed by atoms with E-state index >= 15 is 0 Å². The number of aliphatic hydroxyl groups excluding tert-OH is 1. The highest BCUT2D eigenvalue weighted by atomic mass is 16.2. The number of unbranched alkanes of at least 4 members (excludes halogenated alkanes) is 3. The van der Waals surface area contributed by atoms with E-state index in [4.69, 9.17) is 5.11 Å². The van der Waals surface area contributed by atoms with E-state index in [1.807, 2.05) is 0 Å². The fourth-order valence-corrected chi connectivity index (χ4v) is 2.06. The van der Waals surface area contributed by atoms with Crippen molar-refractivity contribution in [1.29, 1.82) is 0 Å². The molecule has 0 spiro atoms. The van der Waals surface area contributed by atoms with Gasteiger partial charge in [0.1, 0.15) is 0 Å². The number of rotatable bonds is 7. The van der Waals surface area contributed by atoms with Crippen LogP contribution < -0.4 is 0 Å². The highest BCUT2D eigenvalue weighted by Gasteiger charge is 1.99. The van der Waals surface area contributed by atoms with Crippen LogP contribution in [0.25, 0.3) is 0 Å². The molecule has 0 radical (unpaired) electrons. The van der Waals surface area contributed by atoms with Crippen LogP contribution in [-0.4, -0.2) is 11.7 Å². The van der Waals surface area contributed by atoms with Crippen molar-refractivity contribution < 1.29 is 5.11 Å². The summed E-state index contributed by atoms with van der Waals surface area (Å²) in [6.07, 6.45) is 6.89. The third-order valence-electron chi connectivity index (χ3n) is 3.17. The summed E-state index contributed by atoms with van der Waals surface area (Å²) in [4.78, 5) is 0. The van der Waals surface area contributed by atoms with Gasteiger partial charge >= 0.3 is 0 Å². The Morgan fingerprint density at radius 3 is 2.50 bits per heavy atom. The second-order valence-electron chi connectivity index (χ2n) is 4.50. The summed E-state index contributed by atoms with van der Waals surface area (Å²) >= 11 is 0. The summed E-state index contributed by atoms with van der Waals surface area (Å²) in [5.74, 6) is 0. The molecule has 90 valence electrons. The van der Waals surface area contributed by atoms with Gasteiger partial charge < -0.3 is 5.11 Å². The number of aliphatic hydroxyl groups is 1.